The quantitative estimate of drug-likeness (QED) is 0.240. The molecule has 2 aliphatic rings. The minimum atomic E-state index is -0.819. The summed E-state index contributed by atoms with van der Waals surface area (Å²) < 4.78 is 5.51. The van der Waals surface area contributed by atoms with Crippen molar-refractivity contribution < 1.29 is 19.2 Å². The molecule has 2 aliphatic heterocycles. The summed E-state index contributed by atoms with van der Waals surface area (Å²) in [6.45, 7) is 8.84. The predicted octanol–water partition coefficient (Wildman–Crippen LogP) is 6.25. The molecule has 0 bridgehead atoms. The van der Waals surface area contributed by atoms with Crippen LogP contribution in [0.3, 0.4) is 0 Å². The van der Waals surface area contributed by atoms with E-state index < -0.39 is 5.97 Å². The summed E-state index contributed by atoms with van der Waals surface area (Å²) in [5, 5.41) is 13.8. The molecule has 1 aromatic carbocycles. The Morgan fingerprint density at radius 2 is 1.98 bits per heavy atom. The average Bonchev–Trinajstić information content (AvgIpc) is 3.43. The third kappa shape index (κ3) is 8.58. The molecular formula is C33H36ClN5O4. The van der Waals surface area contributed by atoms with Gasteiger partial charge in [-0.1, -0.05) is 78.0 Å². The number of aromatic nitrogens is 2. The molecule has 1 saturated heterocycles. The zero-order valence-corrected chi connectivity index (χ0v) is 25.2. The third-order valence-electron chi connectivity index (χ3n) is 7.03. The zero-order valence-electron chi connectivity index (χ0n) is 24.4. The molecule has 10 heteroatoms. The van der Waals surface area contributed by atoms with E-state index in [0.29, 0.717) is 54.7 Å². The van der Waals surface area contributed by atoms with Crippen molar-refractivity contribution >= 4 is 40.5 Å². The molecule has 224 valence electrons. The number of aliphatic carboxylic acids is 1. The van der Waals surface area contributed by atoms with Gasteiger partial charge in [0.05, 0.1) is 29.9 Å². The van der Waals surface area contributed by atoms with Gasteiger partial charge in [0.2, 0.25) is 11.7 Å². The van der Waals surface area contributed by atoms with Gasteiger partial charge in [0.15, 0.2) is 0 Å². The predicted molar refractivity (Wildman–Crippen MR) is 170 cm³/mol. The summed E-state index contributed by atoms with van der Waals surface area (Å²) in [7, 11) is 0. The van der Waals surface area contributed by atoms with Gasteiger partial charge in [-0.3, -0.25) is 19.6 Å². The normalized spacial score (nSPS) is 22.5. The van der Waals surface area contributed by atoms with E-state index in [1.54, 1.807) is 11.0 Å². The Bertz CT molecular complexity index is 1510. The molecule has 1 amide bonds. The van der Waals surface area contributed by atoms with Crippen molar-refractivity contribution in [3.8, 4) is 0 Å². The Morgan fingerprint density at radius 3 is 2.67 bits per heavy atom. The summed E-state index contributed by atoms with van der Waals surface area (Å²) in [6, 6.07) is 7.20. The summed E-state index contributed by atoms with van der Waals surface area (Å²) in [4.78, 5) is 40.5. The standard InChI is InChI=1S/C33H36ClN5O4/c1-4-8-24(9-5-2)31-37-32(43-38-31)26-20-39(21-26)33(42)25-13-12-22(3)36-30(23-14-16-27(34)17-15-23)28(35-19-18-25)10-6-7-11-29(40)41/h4-5,8-9,12-18,22,26H,1,6-7,10-11,19-21H2,2-3H3,(H,40,41)/b9-5-,13-12-,24-8+,25-18+,35-28-,36-30-. The monoisotopic (exact) mass is 601 g/mol. The Hall–Kier alpha value is -4.37. The van der Waals surface area contributed by atoms with Crippen molar-refractivity contribution in [3.63, 3.8) is 0 Å². The van der Waals surface area contributed by atoms with Crippen LogP contribution in [0.15, 0.2) is 93.5 Å². The number of hydrogen-bond donors (Lipinski definition) is 1. The van der Waals surface area contributed by atoms with E-state index in [1.165, 1.54) is 0 Å². The number of hydrogen-bond acceptors (Lipinski definition) is 7. The first-order valence-corrected chi connectivity index (χ1v) is 14.7. The van der Waals surface area contributed by atoms with Crippen LogP contribution in [-0.4, -0.2) is 69.1 Å². The van der Waals surface area contributed by atoms with Gasteiger partial charge in [0, 0.05) is 41.2 Å². The zero-order chi connectivity index (χ0) is 30.8. The minimum absolute atomic E-state index is 0.0363. The van der Waals surface area contributed by atoms with E-state index in [4.69, 9.17) is 31.2 Å². The first-order valence-electron chi connectivity index (χ1n) is 14.3. The molecule has 43 heavy (non-hydrogen) atoms. The van der Waals surface area contributed by atoms with Crippen LogP contribution >= 0.6 is 11.6 Å². The second kappa shape index (κ2) is 15.2. The first-order chi connectivity index (χ1) is 20.8. The largest absolute Gasteiger partial charge is 0.481 e. The summed E-state index contributed by atoms with van der Waals surface area (Å²) in [5.41, 5.74) is 3.75. The molecular weight excluding hydrogens is 566 g/mol. The van der Waals surface area contributed by atoms with Crippen LogP contribution in [0.2, 0.25) is 5.02 Å². The number of amides is 1. The molecule has 1 atom stereocenters. The van der Waals surface area contributed by atoms with Gasteiger partial charge < -0.3 is 14.5 Å². The molecule has 2 aromatic rings. The van der Waals surface area contributed by atoms with E-state index >= 15 is 0 Å². The number of carbonyl (C=O) groups excluding carboxylic acids is 1. The molecule has 0 saturated carbocycles. The van der Waals surface area contributed by atoms with Crippen molar-refractivity contribution in [2.75, 3.05) is 19.6 Å². The molecule has 1 unspecified atom stereocenters. The highest BCUT2D eigenvalue weighted by Crippen LogP contribution is 2.28. The lowest BCUT2D eigenvalue weighted by molar-refractivity contribution is -0.137. The van der Waals surface area contributed by atoms with E-state index in [2.05, 4.69) is 16.7 Å². The Labute approximate surface area is 256 Å². The highest BCUT2D eigenvalue weighted by molar-refractivity contribution is 6.48. The van der Waals surface area contributed by atoms with Crippen molar-refractivity contribution in [2.24, 2.45) is 9.98 Å². The number of likely N-dealkylation sites (tertiary alicyclic amines) is 1. The van der Waals surface area contributed by atoms with Crippen LogP contribution in [-0.2, 0) is 9.59 Å². The maximum absolute atomic E-state index is 13.4. The molecule has 4 rings (SSSR count). The van der Waals surface area contributed by atoms with Crippen molar-refractivity contribution in [1.82, 2.24) is 15.0 Å². The SMILES string of the molecule is C=C/C=C(\C=C/C)c1noc(C2CN(C(=O)C3=C/C/N=C(CCCCC(=O)O)\C(c4ccc(Cl)cc4)=N/C(C)/C=C\3)C2)n1. The molecule has 0 aliphatic carbocycles. The Balaban J connectivity index is 1.49. The average molecular weight is 602 g/mol. The third-order valence-corrected chi connectivity index (χ3v) is 7.29. The number of allylic oxidation sites excluding steroid dienone is 5. The molecule has 1 fully saturated rings. The van der Waals surface area contributed by atoms with Gasteiger partial charge in [0.1, 0.15) is 0 Å². The number of carbonyl (C=O) groups is 2. The fourth-order valence-corrected chi connectivity index (χ4v) is 4.87. The lowest BCUT2D eigenvalue weighted by Crippen LogP contribution is -2.49. The summed E-state index contributed by atoms with van der Waals surface area (Å²) >= 11 is 6.12. The van der Waals surface area contributed by atoms with E-state index in [0.717, 1.165) is 22.6 Å². The molecule has 0 spiro atoms. The van der Waals surface area contributed by atoms with Crippen LogP contribution in [0, 0.1) is 0 Å². The van der Waals surface area contributed by atoms with E-state index in [9.17, 15) is 9.59 Å². The van der Waals surface area contributed by atoms with Crippen LogP contribution < -0.4 is 0 Å². The molecule has 0 radical (unpaired) electrons. The Kier molecular flexibility index (Phi) is 11.2. The van der Waals surface area contributed by atoms with Crippen LogP contribution in [0.4, 0.5) is 0 Å². The minimum Gasteiger partial charge on any atom is -0.481 e. The van der Waals surface area contributed by atoms with Gasteiger partial charge in [-0.25, -0.2) is 0 Å². The van der Waals surface area contributed by atoms with Gasteiger partial charge in [0.25, 0.3) is 5.91 Å². The maximum Gasteiger partial charge on any atom is 0.303 e. The molecule has 1 aromatic heterocycles. The maximum atomic E-state index is 13.4. The van der Waals surface area contributed by atoms with Gasteiger partial charge in [-0.15, -0.1) is 0 Å². The molecule has 3 heterocycles. The second-order valence-electron chi connectivity index (χ2n) is 10.4. The van der Waals surface area contributed by atoms with Crippen LogP contribution in [0.25, 0.3) is 5.57 Å². The van der Waals surface area contributed by atoms with Crippen molar-refractivity contribution in [2.45, 2.75) is 51.5 Å². The van der Waals surface area contributed by atoms with Crippen molar-refractivity contribution in [3.05, 3.63) is 101 Å². The second-order valence-corrected chi connectivity index (χ2v) is 10.8. The van der Waals surface area contributed by atoms with Crippen LogP contribution in [0.1, 0.15) is 62.7 Å². The summed E-state index contributed by atoms with van der Waals surface area (Å²) in [5.74, 6) is 0.0378. The summed E-state index contributed by atoms with van der Waals surface area (Å²) in [6.07, 6.45) is 14.7. The number of halogens is 1. The number of carboxylic acid groups (broad SMARTS) is 1. The van der Waals surface area contributed by atoms with Crippen molar-refractivity contribution in [1.29, 1.82) is 0 Å². The highest BCUT2D eigenvalue weighted by Gasteiger charge is 2.36. The number of aliphatic imine (C=N–C) groups is 2. The topological polar surface area (TPSA) is 121 Å². The fourth-order valence-electron chi connectivity index (χ4n) is 4.75. The lowest BCUT2D eigenvalue weighted by Gasteiger charge is -2.37. The van der Waals surface area contributed by atoms with Gasteiger partial charge >= 0.3 is 5.97 Å². The van der Waals surface area contributed by atoms with Gasteiger partial charge in [-0.2, -0.15) is 4.98 Å². The number of nitrogens with zero attached hydrogens (tertiary/aromatic N) is 5. The van der Waals surface area contributed by atoms with Crippen LogP contribution in [0.5, 0.6) is 0 Å². The Morgan fingerprint density at radius 1 is 1.21 bits per heavy atom. The van der Waals surface area contributed by atoms with E-state index in [-0.39, 0.29) is 30.8 Å². The smallest absolute Gasteiger partial charge is 0.303 e. The molecule has 1 N–H and O–H groups in total. The number of benzene rings is 1. The number of carboxylic acids is 1. The first kappa shape index (κ1) is 31.6. The number of rotatable bonds is 11. The number of unbranched alkanes of at least 4 members (excludes halogenated alkanes) is 1. The molecule has 9 nitrogen and oxygen atoms in total. The van der Waals surface area contributed by atoms with E-state index in [1.807, 2.05) is 74.6 Å². The fraction of sp³-hybridized carbons (Fsp3) is 0.333. The van der Waals surface area contributed by atoms with Gasteiger partial charge in [-0.05, 0) is 45.2 Å². The lowest BCUT2D eigenvalue weighted by atomic mass is 9.98. The highest BCUT2D eigenvalue weighted by atomic mass is 35.5.